The molecule has 2 aliphatic rings. The maximum atomic E-state index is 13.1. The third-order valence-corrected chi connectivity index (χ3v) is 5.59. The highest BCUT2D eigenvalue weighted by molar-refractivity contribution is 5.51. The minimum absolute atomic E-state index is 0.124. The molecule has 0 saturated heterocycles. The lowest BCUT2D eigenvalue weighted by atomic mass is 9.89. The summed E-state index contributed by atoms with van der Waals surface area (Å²) in [6, 6.07) is 6.44. The van der Waals surface area contributed by atoms with Crippen LogP contribution in [0.5, 0.6) is 0 Å². The molecule has 1 saturated carbocycles. The van der Waals surface area contributed by atoms with Crippen LogP contribution in [0.1, 0.15) is 61.2 Å². The van der Waals surface area contributed by atoms with Gasteiger partial charge in [0.2, 0.25) is 0 Å². The Morgan fingerprint density at radius 1 is 1.07 bits per heavy atom. The van der Waals surface area contributed by atoms with Crippen LogP contribution < -0.4 is 0 Å². The van der Waals surface area contributed by atoms with E-state index in [-0.39, 0.29) is 11.9 Å². The molecule has 1 fully saturated rings. The van der Waals surface area contributed by atoms with E-state index in [4.69, 9.17) is 9.26 Å². The van der Waals surface area contributed by atoms with E-state index in [2.05, 4.69) is 19.7 Å². The summed E-state index contributed by atoms with van der Waals surface area (Å²) in [5.41, 5.74) is 2.59. The molecule has 0 amide bonds. The molecule has 1 aromatic carbocycles. The molecular weight excluding hydrogens is 347 g/mol. The summed E-state index contributed by atoms with van der Waals surface area (Å²) in [6.45, 7) is 1.02. The van der Waals surface area contributed by atoms with Gasteiger partial charge >= 0.3 is 0 Å². The monoisotopic (exact) mass is 368 g/mol. The second-order valence-corrected chi connectivity index (χ2v) is 7.34. The number of imidazole rings is 1. The van der Waals surface area contributed by atoms with Gasteiger partial charge in [0.25, 0.3) is 5.89 Å². The number of halogens is 1. The molecule has 0 N–H and O–H groups in total. The Hall–Kier alpha value is -2.54. The molecule has 140 valence electrons. The molecule has 1 atom stereocenters. The minimum Gasteiger partial charge on any atom is -0.365 e. The molecule has 0 spiro atoms. The van der Waals surface area contributed by atoms with Crippen molar-refractivity contribution in [3.63, 3.8) is 0 Å². The van der Waals surface area contributed by atoms with Crippen molar-refractivity contribution in [2.45, 2.75) is 57.3 Å². The van der Waals surface area contributed by atoms with Gasteiger partial charge in [-0.2, -0.15) is 4.98 Å². The van der Waals surface area contributed by atoms with E-state index in [1.807, 2.05) is 0 Å². The van der Waals surface area contributed by atoms with Crippen molar-refractivity contribution in [1.82, 2.24) is 19.7 Å². The average Bonchev–Trinajstić information content (AvgIpc) is 3.36. The number of aromatic nitrogens is 4. The molecule has 27 heavy (non-hydrogen) atoms. The molecular formula is C20H21FN4O2. The van der Waals surface area contributed by atoms with Crippen molar-refractivity contribution < 1.29 is 13.7 Å². The Balaban J connectivity index is 1.37. The van der Waals surface area contributed by atoms with Gasteiger partial charge in [0.1, 0.15) is 11.9 Å². The quantitative estimate of drug-likeness (QED) is 0.686. The van der Waals surface area contributed by atoms with Gasteiger partial charge in [-0.25, -0.2) is 9.37 Å². The van der Waals surface area contributed by atoms with Crippen LogP contribution in [0.15, 0.2) is 35.1 Å². The fraction of sp³-hybridized carbons (Fsp3) is 0.450. The fourth-order valence-corrected chi connectivity index (χ4v) is 4.04. The highest BCUT2D eigenvalue weighted by Crippen LogP contribution is 2.34. The predicted octanol–water partition coefficient (Wildman–Crippen LogP) is 4.39. The summed E-state index contributed by atoms with van der Waals surface area (Å²) < 4.78 is 26.7. The van der Waals surface area contributed by atoms with E-state index in [0.717, 1.165) is 29.9 Å². The van der Waals surface area contributed by atoms with Crippen molar-refractivity contribution in [3.8, 4) is 11.6 Å². The van der Waals surface area contributed by atoms with Gasteiger partial charge in [0, 0.05) is 5.92 Å². The van der Waals surface area contributed by atoms with Crippen LogP contribution in [-0.2, 0) is 17.9 Å². The molecule has 0 radical (unpaired) electrons. The third kappa shape index (κ3) is 3.16. The number of fused-ring (bicyclic) bond motifs is 1. The Bertz CT molecular complexity index is 928. The molecule has 3 aromatic rings. The van der Waals surface area contributed by atoms with E-state index < -0.39 is 0 Å². The second-order valence-electron chi connectivity index (χ2n) is 7.34. The van der Waals surface area contributed by atoms with Crippen molar-refractivity contribution in [2.75, 3.05) is 0 Å². The largest absolute Gasteiger partial charge is 0.365 e. The molecule has 3 heterocycles. The zero-order valence-electron chi connectivity index (χ0n) is 15.0. The Labute approximate surface area is 156 Å². The van der Waals surface area contributed by atoms with Gasteiger partial charge in [0.05, 0.1) is 25.2 Å². The lowest BCUT2D eigenvalue weighted by Gasteiger charge is -2.25. The van der Waals surface area contributed by atoms with Crippen LogP contribution in [0.25, 0.3) is 11.6 Å². The number of hydrogen-bond acceptors (Lipinski definition) is 5. The Kier molecular flexibility index (Phi) is 4.24. The van der Waals surface area contributed by atoms with Gasteiger partial charge < -0.3 is 13.8 Å². The molecule has 7 heteroatoms. The number of hydrogen-bond donors (Lipinski definition) is 0. The molecule has 2 aromatic heterocycles. The first-order valence-corrected chi connectivity index (χ1v) is 9.53. The highest BCUT2D eigenvalue weighted by Gasteiger charge is 2.28. The van der Waals surface area contributed by atoms with Gasteiger partial charge in [0.15, 0.2) is 11.5 Å². The first-order chi connectivity index (χ1) is 13.3. The zero-order valence-corrected chi connectivity index (χ0v) is 15.0. The lowest BCUT2D eigenvalue weighted by Crippen LogP contribution is -2.20. The fourth-order valence-electron chi connectivity index (χ4n) is 4.04. The lowest BCUT2D eigenvalue weighted by molar-refractivity contribution is 0.00326. The van der Waals surface area contributed by atoms with Gasteiger partial charge in [-0.15, -0.1) is 0 Å². The number of rotatable bonds is 3. The summed E-state index contributed by atoms with van der Waals surface area (Å²) in [5.74, 6) is 1.42. The standard InChI is InChI=1S/C20H21FN4O2/c21-15-8-6-13(7-9-15)17-10-25-12-22-18(16(25)11-26-17)20-23-19(24-27-20)14-4-2-1-3-5-14/h6-9,12,14,17H,1-5,10-11H2/t17-/m1/s1. The summed E-state index contributed by atoms with van der Waals surface area (Å²) in [6.07, 6.45) is 7.67. The number of benzene rings is 1. The van der Waals surface area contributed by atoms with Crippen molar-refractivity contribution in [3.05, 3.63) is 53.5 Å². The van der Waals surface area contributed by atoms with Crippen LogP contribution in [0, 0.1) is 5.82 Å². The van der Waals surface area contributed by atoms with E-state index in [1.54, 1.807) is 18.5 Å². The van der Waals surface area contributed by atoms with Crippen molar-refractivity contribution in [2.24, 2.45) is 0 Å². The maximum Gasteiger partial charge on any atom is 0.278 e. The summed E-state index contributed by atoms with van der Waals surface area (Å²) in [4.78, 5) is 9.12. The molecule has 6 nitrogen and oxygen atoms in total. The number of nitrogens with zero attached hydrogens (tertiary/aromatic N) is 4. The number of ether oxygens (including phenoxy) is 1. The van der Waals surface area contributed by atoms with Gasteiger partial charge in [-0.3, -0.25) is 0 Å². The highest BCUT2D eigenvalue weighted by atomic mass is 19.1. The maximum absolute atomic E-state index is 13.1. The van der Waals surface area contributed by atoms with Crippen LogP contribution in [-0.4, -0.2) is 19.7 Å². The molecule has 0 unspecified atom stereocenters. The average molecular weight is 368 g/mol. The Morgan fingerprint density at radius 2 is 1.89 bits per heavy atom. The predicted molar refractivity (Wildman–Crippen MR) is 95.3 cm³/mol. The molecule has 0 bridgehead atoms. The van der Waals surface area contributed by atoms with Gasteiger partial charge in [-0.1, -0.05) is 36.6 Å². The van der Waals surface area contributed by atoms with Crippen molar-refractivity contribution >= 4 is 0 Å². The SMILES string of the molecule is Fc1ccc([C@H]2Cn3cnc(-c4nc(C5CCCCC5)no4)c3CO2)cc1. The molecule has 5 rings (SSSR count). The summed E-state index contributed by atoms with van der Waals surface area (Å²) in [7, 11) is 0. The van der Waals surface area contributed by atoms with Crippen molar-refractivity contribution in [1.29, 1.82) is 0 Å². The van der Waals surface area contributed by atoms with Gasteiger partial charge in [-0.05, 0) is 30.5 Å². The third-order valence-electron chi connectivity index (χ3n) is 5.59. The zero-order chi connectivity index (χ0) is 18.2. The molecule has 1 aliphatic heterocycles. The van der Waals surface area contributed by atoms with E-state index in [9.17, 15) is 4.39 Å². The van der Waals surface area contributed by atoms with E-state index in [0.29, 0.717) is 30.7 Å². The van der Waals surface area contributed by atoms with Crippen LogP contribution in [0.2, 0.25) is 0 Å². The first-order valence-electron chi connectivity index (χ1n) is 9.53. The Morgan fingerprint density at radius 3 is 2.70 bits per heavy atom. The van der Waals surface area contributed by atoms with Crippen LogP contribution >= 0.6 is 0 Å². The van der Waals surface area contributed by atoms with Crippen LogP contribution in [0.4, 0.5) is 4.39 Å². The van der Waals surface area contributed by atoms with E-state index in [1.165, 1.54) is 31.4 Å². The summed E-state index contributed by atoms with van der Waals surface area (Å²) >= 11 is 0. The molecule has 1 aliphatic carbocycles. The smallest absolute Gasteiger partial charge is 0.278 e. The van der Waals surface area contributed by atoms with Crippen LogP contribution in [0.3, 0.4) is 0 Å². The normalized spacial score (nSPS) is 20.6. The summed E-state index contributed by atoms with van der Waals surface area (Å²) in [5, 5.41) is 4.20. The van der Waals surface area contributed by atoms with E-state index >= 15 is 0 Å². The topological polar surface area (TPSA) is 66.0 Å². The minimum atomic E-state index is -0.245. The second kappa shape index (κ2) is 6.88. The first kappa shape index (κ1) is 16.6.